The van der Waals surface area contributed by atoms with Gasteiger partial charge in [-0.3, -0.25) is 4.79 Å². The Hall–Kier alpha value is -1.55. The summed E-state index contributed by atoms with van der Waals surface area (Å²) < 4.78 is 0. The standard InChI is InChI=1S/C14H20N2O2/c1-14(7-4-8-15-14)13(18)16(2)10-11-5-3-6-12(17)9-11/h3,5-6,9,15,17H,4,7-8,10H2,1-2H3. The third-order valence-electron chi connectivity index (χ3n) is 3.52. The Bertz CT molecular complexity index is 439. The molecule has 0 bridgehead atoms. The third kappa shape index (κ3) is 2.64. The number of likely N-dealkylation sites (N-methyl/N-ethyl adjacent to an activating group) is 1. The number of carbonyl (C=O) groups is 1. The predicted molar refractivity (Wildman–Crippen MR) is 70.2 cm³/mol. The molecular weight excluding hydrogens is 228 g/mol. The smallest absolute Gasteiger partial charge is 0.242 e. The van der Waals surface area contributed by atoms with Crippen molar-refractivity contribution < 1.29 is 9.90 Å². The minimum Gasteiger partial charge on any atom is -0.508 e. The number of phenolic OH excluding ortho intramolecular Hbond substituents is 1. The molecule has 1 aliphatic rings. The number of nitrogens with one attached hydrogen (secondary N) is 1. The van der Waals surface area contributed by atoms with Gasteiger partial charge in [0.2, 0.25) is 5.91 Å². The van der Waals surface area contributed by atoms with Gasteiger partial charge >= 0.3 is 0 Å². The molecule has 1 saturated heterocycles. The van der Waals surface area contributed by atoms with Gasteiger partial charge in [-0.2, -0.15) is 0 Å². The van der Waals surface area contributed by atoms with Crippen LogP contribution in [0.15, 0.2) is 24.3 Å². The summed E-state index contributed by atoms with van der Waals surface area (Å²) in [5.74, 6) is 0.349. The fourth-order valence-corrected chi connectivity index (χ4v) is 2.50. The Labute approximate surface area is 108 Å². The molecule has 0 radical (unpaired) electrons. The molecule has 1 aromatic rings. The second kappa shape index (κ2) is 4.98. The third-order valence-corrected chi connectivity index (χ3v) is 3.52. The summed E-state index contributed by atoms with van der Waals surface area (Å²) in [5, 5.41) is 12.7. The molecule has 1 amide bonds. The number of hydrogen-bond donors (Lipinski definition) is 2. The van der Waals surface area contributed by atoms with Crippen molar-refractivity contribution in [2.24, 2.45) is 0 Å². The minimum absolute atomic E-state index is 0.114. The van der Waals surface area contributed by atoms with Crippen LogP contribution >= 0.6 is 0 Å². The van der Waals surface area contributed by atoms with Crippen molar-refractivity contribution in [3.8, 4) is 5.75 Å². The largest absolute Gasteiger partial charge is 0.508 e. The quantitative estimate of drug-likeness (QED) is 0.852. The zero-order valence-corrected chi connectivity index (χ0v) is 10.9. The van der Waals surface area contributed by atoms with E-state index in [0.717, 1.165) is 24.9 Å². The van der Waals surface area contributed by atoms with Gasteiger partial charge in [0.05, 0.1) is 5.54 Å². The van der Waals surface area contributed by atoms with Crippen LogP contribution in [0.4, 0.5) is 0 Å². The minimum atomic E-state index is -0.425. The second-order valence-corrected chi connectivity index (χ2v) is 5.19. The van der Waals surface area contributed by atoms with E-state index < -0.39 is 5.54 Å². The van der Waals surface area contributed by atoms with Crippen LogP contribution in [-0.4, -0.2) is 35.0 Å². The van der Waals surface area contributed by atoms with E-state index in [9.17, 15) is 9.90 Å². The van der Waals surface area contributed by atoms with Crippen molar-refractivity contribution in [2.75, 3.05) is 13.6 Å². The molecule has 1 aromatic carbocycles. The van der Waals surface area contributed by atoms with Crippen LogP contribution < -0.4 is 5.32 Å². The maximum Gasteiger partial charge on any atom is 0.242 e. The van der Waals surface area contributed by atoms with E-state index in [2.05, 4.69) is 5.32 Å². The monoisotopic (exact) mass is 248 g/mol. The van der Waals surface area contributed by atoms with Gasteiger partial charge in [-0.1, -0.05) is 12.1 Å². The van der Waals surface area contributed by atoms with E-state index in [-0.39, 0.29) is 11.7 Å². The van der Waals surface area contributed by atoms with Crippen molar-refractivity contribution in [2.45, 2.75) is 31.8 Å². The van der Waals surface area contributed by atoms with Gasteiger partial charge in [0.1, 0.15) is 5.75 Å². The fraction of sp³-hybridized carbons (Fsp3) is 0.500. The first-order valence-electron chi connectivity index (χ1n) is 6.30. The first-order chi connectivity index (χ1) is 8.51. The van der Waals surface area contributed by atoms with Gasteiger partial charge in [0.15, 0.2) is 0 Å². The molecular formula is C14H20N2O2. The number of nitrogens with zero attached hydrogens (tertiary/aromatic N) is 1. The Balaban J connectivity index is 2.03. The molecule has 2 N–H and O–H groups in total. The van der Waals surface area contributed by atoms with E-state index in [4.69, 9.17) is 0 Å². The molecule has 98 valence electrons. The molecule has 1 heterocycles. The SMILES string of the molecule is CN(Cc1cccc(O)c1)C(=O)C1(C)CCCN1. The zero-order valence-electron chi connectivity index (χ0n) is 10.9. The highest BCUT2D eigenvalue weighted by molar-refractivity contribution is 5.86. The van der Waals surface area contributed by atoms with Crippen LogP contribution in [0.3, 0.4) is 0 Å². The molecule has 0 saturated carbocycles. The maximum atomic E-state index is 12.4. The summed E-state index contributed by atoms with van der Waals surface area (Å²) in [4.78, 5) is 14.1. The summed E-state index contributed by atoms with van der Waals surface area (Å²) in [5.41, 5.74) is 0.512. The van der Waals surface area contributed by atoms with Crippen LogP contribution in [0, 0.1) is 0 Å². The number of carbonyl (C=O) groups excluding carboxylic acids is 1. The summed E-state index contributed by atoms with van der Waals surface area (Å²) in [6, 6.07) is 7.02. The van der Waals surface area contributed by atoms with Crippen LogP contribution in [0.25, 0.3) is 0 Å². The van der Waals surface area contributed by atoms with E-state index in [1.165, 1.54) is 0 Å². The Morgan fingerprint density at radius 1 is 1.56 bits per heavy atom. The van der Waals surface area contributed by atoms with Crippen LogP contribution in [0.2, 0.25) is 0 Å². The highest BCUT2D eigenvalue weighted by Crippen LogP contribution is 2.22. The number of aromatic hydroxyl groups is 1. The fourth-order valence-electron chi connectivity index (χ4n) is 2.50. The van der Waals surface area contributed by atoms with Crippen molar-refractivity contribution >= 4 is 5.91 Å². The lowest BCUT2D eigenvalue weighted by Crippen LogP contribution is -2.51. The van der Waals surface area contributed by atoms with E-state index in [1.54, 1.807) is 30.1 Å². The molecule has 1 aliphatic heterocycles. The molecule has 2 rings (SSSR count). The molecule has 0 aliphatic carbocycles. The van der Waals surface area contributed by atoms with Gasteiger partial charge < -0.3 is 15.3 Å². The topological polar surface area (TPSA) is 52.6 Å². The van der Waals surface area contributed by atoms with Crippen molar-refractivity contribution in [1.29, 1.82) is 0 Å². The first-order valence-corrected chi connectivity index (χ1v) is 6.30. The molecule has 1 unspecified atom stereocenters. The second-order valence-electron chi connectivity index (χ2n) is 5.19. The van der Waals surface area contributed by atoms with E-state index >= 15 is 0 Å². The molecule has 0 aromatic heterocycles. The lowest BCUT2D eigenvalue weighted by molar-refractivity contribution is -0.136. The summed E-state index contributed by atoms with van der Waals surface area (Å²) >= 11 is 0. The first kappa shape index (κ1) is 12.9. The number of hydrogen-bond acceptors (Lipinski definition) is 3. The van der Waals surface area contributed by atoms with Crippen molar-refractivity contribution in [3.63, 3.8) is 0 Å². The van der Waals surface area contributed by atoms with E-state index in [1.807, 2.05) is 13.0 Å². The highest BCUT2D eigenvalue weighted by Gasteiger charge is 2.37. The van der Waals surface area contributed by atoms with Crippen molar-refractivity contribution in [1.82, 2.24) is 10.2 Å². The van der Waals surface area contributed by atoms with E-state index in [0.29, 0.717) is 6.54 Å². The van der Waals surface area contributed by atoms with Crippen LogP contribution in [0.1, 0.15) is 25.3 Å². The lowest BCUT2D eigenvalue weighted by Gasteiger charge is -2.29. The Morgan fingerprint density at radius 3 is 2.94 bits per heavy atom. The van der Waals surface area contributed by atoms with Crippen LogP contribution in [-0.2, 0) is 11.3 Å². The number of phenols is 1. The maximum absolute atomic E-state index is 12.4. The summed E-state index contributed by atoms with van der Waals surface area (Å²) in [6.45, 7) is 3.38. The average molecular weight is 248 g/mol. The number of benzene rings is 1. The van der Waals surface area contributed by atoms with Crippen LogP contribution in [0.5, 0.6) is 5.75 Å². The van der Waals surface area contributed by atoms with Gasteiger partial charge in [0, 0.05) is 13.6 Å². The summed E-state index contributed by atoms with van der Waals surface area (Å²) in [7, 11) is 1.80. The zero-order chi connectivity index (χ0) is 13.2. The van der Waals surface area contributed by atoms with Gasteiger partial charge in [-0.25, -0.2) is 0 Å². The normalized spacial score (nSPS) is 23.0. The molecule has 1 atom stereocenters. The number of amides is 1. The molecule has 18 heavy (non-hydrogen) atoms. The van der Waals surface area contributed by atoms with Gasteiger partial charge in [-0.05, 0) is 44.0 Å². The molecule has 0 spiro atoms. The van der Waals surface area contributed by atoms with Gasteiger partial charge in [0.25, 0.3) is 0 Å². The Kier molecular flexibility index (Phi) is 3.57. The number of rotatable bonds is 3. The lowest BCUT2D eigenvalue weighted by atomic mass is 9.98. The molecule has 1 fully saturated rings. The summed E-state index contributed by atoms with van der Waals surface area (Å²) in [6.07, 6.45) is 1.93. The van der Waals surface area contributed by atoms with Gasteiger partial charge in [-0.15, -0.1) is 0 Å². The van der Waals surface area contributed by atoms with Crippen molar-refractivity contribution in [3.05, 3.63) is 29.8 Å². The highest BCUT2D eigenvalue weighted by atomic mass is 16.3. The predicted octanol–water partition coefficient (Wildman–Crippen LogP) is 1.49. The molecule has 4 nitrogen and oxygen atoms in total. The average Bonchev–Trinajstić information content (AvgIpc) is 2.76. The Morgan fingerprint density at radius 2 is 2.33 bits per heavy atom. The molecule has 4 heteroatoms.